The van der Waals surface area contributed by atoms with Crippen LogP contribution in [-0.4, -0.2) is 53.0 Å². The molecule has 0 amide bonds. The Hall–Kier alpha value is -2.05. The van der Waals surface area contributed by atoms with Crippen molar-refractivity contribution in [3.63, 3.8) is 0 Å². The summed E-state index contributed by atoms with van der Waals surface area (Å²) in [5.74, 6) is 1.85. The van der Waals surface area contributed by atoms with Crippen LogP contribution in [0.15, 0.2) is 52.4 Å². The zero-order valence-corrected chi connectivity index (χ0v) is 21.8. The van der Waals surface area contributed by atoms with Gasteiger partial charge in [0.25, 0.3) is 0 Å². The van der Waals surface area contributed by atoms with Gasteiger partial charge in [0.2, 0.25) is 10.0 Å². The van der Waals surface area contributed by atoms with Gasteiger partial charge in [0.1, 0.15) is 0 Å². The maximum Gasteiger partial charge on any atom is 0.243 e. The summed E-state index contributed by atoms with van der Waals surface area (Å²) in [4.78, 5) is 4.57. The third kappa shape index (κ3) is 6.48. The molecule has 0 aromatic heterocycles. The molecule has 2 aromatic carbocycles. The van der Waals surface area contributed by atoms with Crippen molar-refractivity contribution in [2.45, 2.75) is 30.7 Å². The zero-order valence-electron chi connectivity index (χ0n) is 18.6. The average molecular weight is 574 g/mol. The summed E-state index contributed by atoms with van der Waals surface area (Å²) in [6.07, 6.45) is 2.94. The van der Waals surface area contributed by atoms with Crippen LogP contribution in [0.25, 0.3) is 0 Å². The van der Waals surface area contributed by atoms with E-state index in [1.165, 1.54) is 0 Å². The van der Waals surface area contributed by atoms with Gasteiger partial charge >= 0.3 is 0 Å². The van der Waals surface area contributed by atoms with Crippen molar-refractivity contribution in [3.05, 3.63) is 48.0 Å². The predicted octanol–water partition coefficient (Wildman–Crippen LogP) is 3.68. The Morgan fingerprint density at radius 3 is 2.25 bits per heavy atom. The molecule has 1 aliphatic rings. The fourth-order valence-electron chi connectivity index (χ4n) is 3.45. The van der Waals surface area contributed by atoms with E-state index in [4.69, 9.17) is 9.47 Å². The molecule has 3 rings (SSSR count). The molecule has 1 saturated heterocycles. The van der Waals surface area contributed by atoms with Crippen molar-refractivity contribution in [3.8, 4) is 11.5 Å². The van der Waals surface area contributed by atoms with Crippen LogP contribution >= 0.6 is 24.0 Å². The molecule has 0 atom stereocenters. The molecule has 0 bridgehead atoms. The fraction of sp³-hybridized carbons (Fsp3) is 0.409. The van der Waals surface area contributed by atoms with Crippen LogP contribution in [0.3, 0.4) is 0 Å². The monoisotopic (exact) mass is 574 g/mol. The standard InChI is InChI=1S/C22H30N4O4S.HI/c1-23-22(25-18-9-12-20(29-2)21(15-18)30-3)24-16-17-7-10-19(11-8-17)31(27,28)26-13-5-4-6-14-26;/h7-12,15H,4-6,13-14,16H2,1-3H3,(H2,23,24,25);1H. The molecule has 1 fully saturated rings. The first kappa shape index (κ1) is 26.2. The molecule has 32 heavy (non-hydrogen) atoms. The van der Waals surface area contributed by atoms with Gasteiger partial charge < -0.3 is 20.1 Å². The summed E-state index contributed by atoms with van der Waals surface area (Å²) in [6.45, 7) is 1.70. The molecule has 10 heteroatoms. The van der Waals surface area contributed by atoms with Crippen LogP contribution in [0, 0.1) is 0 Å². The smallest absolute Gasteiger partial charge is 0.243 e. The van der Waals surface area contributed by atoms with E-state index in [2.05, 4.69) is 15.6 Å². The Morgan fingerprint density at radius 2 is 1.66 bits per heavy atom. The summed E-state index contributed by atoms with van der Waals surface area (Å²) in [5, 5.41) is 6.43. The van der Waals surface area contributed by atoms with Crippen LogP contribution in [0.2, 0.25) is 0 Å². The zero-order chi connectivity index (χ0) is 22.3. The maximum atomic E-state index is 12.8. The van der Waals surface area contributed by atoms with E-state index in [0.717, 1.165) is 30.5 Å². The number of nitrogens with one attached hydrogen (secondary N) is 2. The second-order valence-electron chi connectivity index (χ2n) is 7.23. The SMILES string of the molecule is CN=C(NCc1ccc(S(=O)(=O)N2CCCCC2)cc1)Nc1ccc(OC)c(OC)c1.I. The van der Waals surface area contributed by atoms with E-state index in [-0.39, 0.29) is 24.0 Å². The minimum atomic E-state index is -3.41. The maximum absolute atomic E-state index is 12.8. The van der Waals surface area contributed by atoms with Crippen molar-refractivity contribution in [1.29, 1.82) is 0 Å². The van der Waals surface area contributed by atoms with Gasteiger partial charge in [-0.05, 0) is 42.7 Å². The Morgan fingerprint density at radius 1 is 1.00 bits per heavy atom. The van der Waals surface area contributed by atoms with Crippen molar-refractivity contribution in [2.24, 2.45) is 4.99 Å². The van der Waals surface area contributed by atoms with E-state index in [1.807, 2.05) is 30.3 Å². The van der Waals surface area contributed by atoms with Gasteiger partial charge in [-0.15, -0.1) is 24.0 Å². The molecule has 0 saturated carbocycles. The lowest BCUT2D eigenvalue weighted by molar-refractivity contribution is 0.346. The molecule has 2 N–H and O–H groups in total. The van der Waals surface area contributed by atoms with Gasteiger partial charge in [-0.25, -0.2) is 8.42 Å². The molecular formula is C22H31IN4O4S. The lowest BCUT2D eigenvalue weighted by atomic mass is 10.2. The number of rotatable bonds is 7. The number of hydrogen-bond acceptors (Lipinski definition) is 5. The van der Waals surface area contributed by atoms with Crippen LogP contribution < -0.4 is 20.1 Å². The number of halogens is 1. The highest BCUT2D eigenvalue weighted by atomic mass is 127. The van der Waals surface area contributed by atoms with Crippen LogP contribution in [0.1, 0.15) is 24.8 Å². The van der Waals surface area contributed by atoms with E-state index in [1.54, 1.807) is 37.7 Å². The summed E-state index contributed by atoms with van der Waals surface area (Å²) < 4.78 is 37.7. The van der Waals surface area contributed by atoms with E-state index >= 15 is 0 Å². The molecule has 0 spiro atoms. The van der Waals surface area contributed by atoms with Gasteiger partial charge in [0, 0.05) is 38.4 Å². The number of anilines is 1. The molecule has 8 nitrogen and oxygen atoms in total. The number of hydrogen-bond donors (Lipinski definition) is 2. The van der Waals surface area contributed by atoms with Crippen molar-refractivity contribution in [2.75, 3.05) is 39.7 Å². The molecule has 0 unspecified atom stereocenters. The topological polar surface area (TPSA) is 92.3 Å². The Bertz CT molecular complexity index is 1010. The third-order valence-corrected chi connectivity index (χ3v) is 7.12. The van der Waals surface area contributed by atoms with Crippen LogP contribution in [0.4, 0.5) is 5.69 Å². The number of aliphatic imine (C=N–C) groups is 1. The number of guanidine groups is 1. The summed E-state index contributed by atoms with van der Waals surface area (Å²) >= 11 is 0. The summed E-state index contributed by atoms with van der Waals surface area (Å²) in [7, 11) is 1.45. The predicted molar refractivity (Wildman–Crippen MR) is 138 cm³/mol. The van der Waals surface area contributed by atoms with Crippen LogP contribution in [-0.2, 0) is 16.6 Å². The molecular weight excluding hydrogens is 543 g/mol. The van der Waals surface area contributed by atoms with Crippen molar-refractivity contribution >= 4 is 45.6 Å². The normalized spacial score (nSPS) is 14.9. The van der Waals surface area contributed by atoms with E-state index < -0.39 is 10.0 Å². The minimum absolute atomic E-state index is 0. The Labute approximate surface area is 207 Å². The lowest BCUT2D eigenvalue weighted by Crippen LogP contribution is -2.35. The minimum Gasteiger partial charge on any atom is -0.493 e. The molecule has 176 valence electrons. The first-order valence-corrected chi connectivity index (χ1v) is 11.7. The number of sulfonamides is 1. The number of ether oxygens (including phenoxy) is 2. The van der Waals surface area contributed by atoms with Gasteiger partial charge in [-0.3, -0.25) is 4.99 Å². The highest BCUT2D eigenvalue weighted by Gasteiger charge is 2.25. The first-order valence-electron chi connectivity index (χ1n) is 10.3. The highest BCUT2D eigenvalue weighted by molar-refractivity contribution is 14.0. The van der Waals surface area contributed by atoms with Crippen molar-refractivity contribution in [1.82, 2.24) is 9.62 Å². The second kappa shape index (κ2) is 12.3. The van der Waals surface area contributed by atoms with Crippen molar-refractivity contribution < 1.29 is 17.9 Å². The van der Waals surface area contributed by atoms with Gasteiger partial charge in [0.05, 0.1) is 19.1 Å². The Kier molecular flexibility index (Phi) is 10.0. The number of benzene rings is 2. The van der Waals surface area contributed by atoms with Gasteiger partial charge in [-0.2, -0.15) is 4.31 Å². The fourth-order valence-corrected chi connectivity index (χ4v) is 4.97. The van der Waals surface area contributed by atoms with E-state index in [9.17, 15) is 8.42 Å². The third-order valence-electron chi connectivity index (χ3n) is 5.21. The lowest BCUT2D eigenvalue weighted by Gasteiger charge is -2.25. The summed E-state index contributed by atoms with van der Waals surface area (Å²) in [6, 6.07) is 12.5. The highest BCUT2D eigenvalue weighted by Crippen LogP contribution is 2.29. The molecule has 1 aliphatic heterocycles. The Balaban J connectivity index is 0.00000363. The number of nitrogens with zero attached hydrogens (tertiary/aromatic N) is 2. The largest absolute Gasteiger partial charge is 0.493 e. The quantitative estimate of drug-likeness (QED) is 0.298. The summed E-state index contributed by atoms with van der Waals surface area (Å²) in [5.41, 5.74) is 1.75. The second-order valence-corrected chi connectivity index (χ2v) is 9.17. The van der Waals surface area contributed by atoms with E-state index in [0.29, 0.717) is 42.0 Å². The van der Waals surface area contributed by atoms with Gasteiger partial charge in [-0.1, -0.05) is 18.6 Å². The molecule has 0 aliphatic carbocycles. The van der Waals surface area contributed by atoms with Crippen LogP contribution in [0.5, 0.6) is 11.5 Å². The number of piperidine rings is 1. The molecule has 2 aromatic rings. The van der Waals surface area contributed by atoms with Gasteiger partial charge in [0.15, 0.2) is 17.5 Å². The first-order chi connectivity index (χ1) is 15.0. The number of methoxy groups -OCH3 is 2. The molecule has 1 heterocycles. The average Bonchev–Trinajstić information content (AvgIpc) is 2.82. The molecule has 0 radical (unpaired) electrons.